The number of aromatic nitrogens is 2. The molecule has 7 heteroatoms. The maximum Gasteiger partial charge on any atom is 0.257 e. The zero-order valence-electron chi connectivity index (χ0n) is 12.2. The Morgan fingerprint density at radius 2 is 2.09 bits per heavy atom. The van der Waals surface area contributed by atoms with Crippen molar-refractivity contribution in [2.24, 2.45) is 7.05 Å². The van der Waals surface area contributed by atoms with Crippen molar-refractivity contribution in [2.45, 2.75) is 0 Å². The highest BCUT2D eigenvalue weighted by molar-refractivity contribution is 7.14. The largest absolute Gasteiger partial charge is 0.507 e. The molecule has 0 aliphatic rings. The molecular weight excluding hydrogens is 314 g/mol. The number of phenolic OH excluding ortho intramolecular Hbond substituents is 1. The molecule has 116 valence electrons. The number of phenols is 1. The first-order valence-electron chi connectivity index (χ1n) is 6.76. The number of carbonyl (C=O) groups is 1. The number of aryl methyl sites for hydroxylation is 1. The monoisotopic (exact) mass is 327 g/mol. The van der Waals surface area contributed by atoms with Gasteiger partial charge in [0.15, 0.2) is 5.13 Å². The number of anilines is 1. The number of hydrogen-bond donors (Lipinski definition) is 2. The van der Waals surface area contributed by atoms with Crippen LogP contribution in [-0.4, -0.2) is 20.6 Å². The number of carbonyl (C=O) groups excluding carboxylic acids is 1. The molecule has 0 unspecified atom stereocenters. The van der Waals surface area contributed by atoms with Gasteiger partial charge in [-0.1, -0.05) is 12.1 Å². The summed E-state index contributed by atoms with van der Waals surface area (Å²) in [6.45, 7) is 0. The van der Waals surface area contributed by atoms with Gasteiger partial charge in [-0.2, -0.15) is 0 Å². The molecule has 1 amide bonds. The summed E-state index contributed by atoms with van der Waals surface area (Å²) in [6.07, 6.45) is 1.53. The van der Waals surface area contributed by atoms with Crippen molar-refractivity contribution < 1.29 is 9.90 Å². The smallest absolute Gasteiger partial charge is 0.257 e. The van der Waals surface area contributed by atoms with E-state index in [1.54, 1.807) is 42.8 Å². The number of nitrogens with zero attached hydrogens (tertiary/aromatic N) is 2. The van der Waals surface area contributed by atoms with Gasteiger partial charge in [0.25, 0.3) is 11.5 Å². The summed E-state index contributed by atoms with van der Waals surface area (Å²) in [5.41, 5.74) is 1.18. The molecule has 1 aromatic carbocycles. The summed E-state index contributed by atoms with van der Waals surface area (Å²) in [5.74, 6) is -0.275. The summed E-state index contributed by atoms with van der Waals surface area (Å²) in [4.78, 5) is 28.0. The molecule has 0 atom stereocenters. The van der Waals surface area contributed by atoms with Crippen LogP contribution in [0, 0.1) is 0 Å². The van der Waals surface area contributed by atoms with E-state index < -0.39 is 5.91 Å². The molecule has 2 heterocycles. The highest BCUT2D eigenvalue weighted by Gasteiger charge is 2.12. The number of thiazole rings is 1. The van der Waals surface area contributed by atoms with Crippen molar-refractivity contribution in [3.05, 3.63) is 63.9 Å². The quantitative estimate of drug-likeness (QED) is 0.774. The Kier molecular flexibility index (Phi) is 3.94. The van der Waals surface area contributed by atoms with E-state index in [1.165, 1.54) is 28.2 Å². The molecular formula is C16H13N3O3S. The molecule has 0 spiro atoms. The fraction of sp³-hybridized carbons (Fsp3) is 0.0625. The second-order valence-electron chi connectivity index (χ2n) is 4.87. The van der Waals surface area contributed by atoms with E-state index in [-0.39, 0.29) is 16.9 Å². The molecule has 0 bridgehead atoms. The van der Waals surface area contributed by atoms with Gasteiger partial charge in [-0.3, -0.25) is 14.9 Å². The van der Waals surface area contributed by atoms with Gasteiger partial charge in [0.1, 0.15) is 5.75 Å². The average Bonchev–Trinajstić information content (AvgIpc) is 2.98. The van der Waals surface area contributed by atoms with Gasteiger partial charge in [0.05, 0.1) is 5.69 Å². The third kappa shape index (κ3) is 3.14. The fourth-order valence-corrected chi connectivity index (χ4v) is 2.71. The van der Waals surface area contributed by atoms with Gasteiger partial charge in [-0.05, 0) is 18.2 Å². The Morgan fingerprint density at radius 3 is 2.83 bits per heavy atom. The molecule has 0 aliphatic carbocycles. The Labute approximate surface area is 135 Å². The molecule has 6 nitrogen and oxygen atoms in total. The zero-order valence-corrected chi connectivity index (χ0v) is 13.0. The Morgan fingerprint density at radius 1 is 1.30 bits per heavy atom. The molecule has 3 rings (SSSR count). The van der Waals surface area contributed by atoms with E-state index >= 15 is 0 Å². The third-order valence-corrected chi connectivity index (χ3v) is 4.03. The number of benzene rings is 1. The van der Waals surface area contributed by atoms with Crippen molar-refractivity contribution >= 4 is 22.4 Å². The van der Waals surface area contributed by atoms with Crippen LogP contribution in [0.25, 0.3) is 11.3 Å². The highest BCUT2D eigenvalue weighted by Crippen LogP contribution is 2.31. The summed E-state index contributed by atoms with van der Waals surface area (Å²) >= 11 is 1.25. The van der Waals surface area contributed by atoms with Crippen molar-refractivity contribution in [3.8, 4) is 17.0 Å². The van der Waals surface area contributed by atoms with Crippen LogP contribution in [0.3, 0.4) is 0 Å². The molecule has 2 N–H and O–H groups in total. The minimum atomic E-state index is -0.402. The van der Waals surface area contributed by atoms with E-state index in [2.05, 4.69) is 10.3 Å². The maximum atomic E-state index is 12.1. The molecule has 0 aliphatic heterocycles. The molecule has 0 radical (unpaired) electrons. The van der Waals surface area contributed by atoms with Crippen molar-refractivity contribution in [3.63, 3.8) is 0 Å². The normalized spacial score (nSPS) is 10.5. The molecule has 0 saturated heterocycles. The van der Waals surface area contributed by atoms with Gasteiger partial charge in [-0.15, -0.1) is 11.3 Å². The van der Waals surface area contributed by atoms with E-state index in [0.717, 1.165) is 0 Å². The summed E-state index contributed by atoms with van der Waals surface area (Å²) in [5, 5.41) is 14.6. The first-order chi connectivity index (χ1) is 11.0. The first kappa shape index (κ1) is 15.0. The van der Waals surface area contributed by atoms with Crippen LogP contribution >= 0.6 is 11.3 Å². The molecule has 0 fully saturated rings. The van der Waals surface area contributed by atoms with E-state index in [0.29, 0.717) is 16.4 Å². The summed E-state index contributed by atoms with van der Waals surface area (Å²) in [7, 11) is 1.61. The van der Waals surface area contributed by atoms with E-state index in [1.807, 2.05) is 0 Å². The number of pyridine rings is 1. The second-order valence-corrected chi connectivity index (χ2v) is 5.73. The first-order valence-corrected chi connectivity index (χ1v) is 7.64. The van der Waals surface area contributed by atoms with Crippen LogP contribution in [0.5, 0.6) is 5.75 Å². The van der Waals surface area contributed by atoms with Crippen molar-refractivity contribution in [2.75, 3.05) is 5.32 Å². The van der Waals surface area contributed by atoms with Crippen molar-refractivity contribution in [1.82, 2.24) is 9.55 Å². The predicted molar refractivity (Wildman–Crippen MR) is 88.9 cm³/mol. The van der Waals surface area contributed by atoms with Crippen LogP contribution in [-0.2, 0) is 7.05 Å². The molecule has 0 saturated carbocycles. The topological polar surface area (TPSA) is 84.2 Å². The van der Waals surface area contributed by atoms with Gasteiger partial charge < -0.3 is 9.67 Å². The lowest BCUT2D eigenvalue weighted by Crippen LogP contribution is -2.19. The van der Waals surface area contributed by atoms with Crippen LogP contribution in [0.15, 0.2) is 52.8 Å². The van der Waals surface area contributed by atoms with Crippen LogP contribution in [0.1, 0.15) is 10.4 Å². The average molecular weight is 327 g/mol. The fourth-order valence-electron chi connectivity index (χ4n) is 2.00. The lowest BCUT2D eigenvalue weighted by Gasteiger charge is -2.03. The van der Waals surface area contributed by atoms with Gasteiger partial charge in [0, 0.05) is 35.8 Å². The highest BCUT2D eigenvalue weighted by atomic mass is 32.1. The zero-order chi connectivity index (χ0) is 16.4. The number of nitrogens with one attached hydrogen (secondary N) is 1. The maximum absolute atomic E-state index is 12.1. The van der Waals surface area contributed by atoms with Crippen LogP contribution < -0.4 is 10.9 Å². The Balaban J connectivity index is 1.81. The number of aromatic hydroxyl groups is 1. The lowest BCUT2D eigenvalue weighted by molar-refractivity contribution is 0.102. The molecule has 23 heavy (non-hydrogen) atoms. The number of rotatable bonds is 3. The molecule has 2 aromatic heterocycles. The summed E-state index contributed by atoms with van der Waals surface area (Å²) < 4.78 is 1.39. The van der Waals surface area contributed by atoms with E-state index in [4.69, 9.17) is 0 Å². The Bertz CT molecular complexity index is 930. The third-order valence-electron chi connectivity index (χ3n) is 3.27. The minimum Gasteiger partial charge on any atom is -0.507 e. The number of hydrogen-bond acceptors (Lipinski definition) is 5. The van der Waals surface area contributed by atoms with E-state index in [9.17, 15) is 14.7 Å². The molecule has 3 aromatic rings. The number of amides is 1. The van der Waals surface area contributed by atoms with Gasteiger partial charge >= 0.3 is 0 Å². The minimum absolute atomic E-state index is 0.127. The summed E-state index contributed by atoms with van der Waals surface area (Å²) in [6, 6.07) is 9.68. The van der Waals surface area contributed by atoms with Crippen LogP contribution in [0.4, 0.5) is 5.13 Å². The van der Waals surface area contributed by atoms with Gasteiger partial charge in [-0.25, -0.2) is 4.98 Å². The SMILES string of the molecule is Cn1ccc(C(=O)Nc2nc(-c3ccccc3O)cs2)cc1=O. The lowest BCUT2D eigenvalue weighted by atomic mass is 10.1. The van der Waals surface area contributed by atoms with Crippen LogP contribution in [0.2, 0.25) is 0 Å². The number of para-hydroxylation sites is 1. The van der Waals surface area contributed by atoms with Gasteiger partial charge in [0.2, 0.25) is 0 Å². The Hall–Kier alpha value is -2.93. The van der Waals surface area contributed by atoms with Crippen molar-refractivity contribution in [1.29, 1.82) is 0 Å². The predicted octanol–water partition coefficient (Wildman–Crippen LogP) is 2.47. The second kappa shape index (κ2) is 6.05. The standard InChI is InChI=1S/C16H13N3O3S/c1-19-7-6-10(8-14(19)21)15(22)18-16-17-12(9-23-16)11-4-2-3-5-13(11)20/h2-9,20H,1H3,(H,17,18,22).